The highest BCUT2D eigenvalue weighted by Gasteiger charge is 2.19. The van der Waals surface area contributed by atoms with Gasteiger partial charge < -0.3 is 0 Å². The van der Waals surface area contributed by atoms with E-state index in [4.69, 9.17) is 9.97 Å². The van der Waals surface area contributed by atoms with Crippen LogP contribution in [0.5, 0.6) is 0 Å². The molecule has 9 aromatic carbocycles. The van der Waals surface area contributed by atoms with Crippen molar-refractivity contribution in [1.29, 1.82) is 0 Å². The summed E-state index contributed by atoms with van der Waals surface area (Å²) in [6.07, 6.45) is 0. The largest absolute Gasteiger partial charge is 0.226 e. The van der Waals surface area contributed by atoms with E-state index < -0.39 is 0 Å². The average Bonchev–Trinajstić information content (AvgIpc) is 3.68. The maximum Gasteiger partial charge on any atom is 0.160 e. The zero-order valence-electron chi connectivity index (χ0n) is 30.9. The van der Waals surface area contributed by atoms with Gasteiger partial charge in [-0.3, -0.25) is 0 Å². The summed E-state index contributed by atoms with van der Waals surface area (Å²) in [5, 5.41) is 6.07. The van der Waals surface area contributed by atoms with Crippen LogP contribution in [-0.2, 0) is 0 Å². The van der Waals surface area contributed by atoms with Gasteiger partial charge in [-0.25, -0.2) is 9.97 Å². The molecule has 0 bridgehead atoms. The molecule has 2 heterocycles. The van der Waals surface area contributed by atoms with Crippen LogP contribution in [0.15, 0.2) is 206 Å². The molecule has 2 nitrogen and oxygen atoms in total. The van der Waals surface area contributed by atoms with E-state index in [9.17, 15) is 0 Å². The maximum atomic E-state index is 5.45. The molecule has 0 N–H and O–H groups in total. The summed E-state index contributed by atoms with van der Waals surface area (Å²) in [5.41, 5.74) is 13.2. The van der Waals surface area contributed by atoms with Gasteiger partial charge in [-0.05, 0) is 115 Å². The molecule has 0 fully saturated rings. The van der Waals surface area contributed by atoms with Gasteiger partial charge in [-0.15, -0.1) is 11.3 Å². The molecule has 0 aliphatic heterocycles. The normalized spacial score (nSPS) is 11.5. The quantitative estimate of drug-likeness (QED) is 0.159. The van der Waals surface area contributed by atoms with Crippen LogP contribution in [0, 0.1) is 0 Å². The average molecular weight is 743 g/mol. The molecule has 0 spiro atoms. The second-order valence-corrected chi connectivity index (χ2v) is 15.6. The monoisotopic (exact) mass is 742 g/mol. The molecule has 0 aliphatic rings. The summed E-state index contributed by atoms with van der Waals surface area (Å²) in [6, 6.07) is 74.2. The van der Waals surface area contributed by atoms with Gasteiger partial charge >= 0.3 is 0 Å². The van der Waals surface area contributed by atoms with Crippen molar-refractivity contribution >= 4 is 53.2 Å². The molecule has 0 saturated carbocycles. The van der Waals surface area contributed by atoms with E-state index in [1.807, 2.05) is 0 Å². The first-order valence-corrected chi connectivity index (χ1v) is 20.1. The molecule has 0 aliphatic carbocycles. The number of thiophene rings is 1. The van der Waals surface area contributed by atoms with Gasteiger partial charge in [0.1, 0.15) is 0 Å². The van der Waals surface area contributed by atoms with Gasteiger partial charge in [0.15, 0.2) is 5.82 Å². The van der Waals surface area contributed by atoms with E-state index in [-0.39, 0.29) is 0 Å². The number of fused-ring (bicyclic) bond motifs is 6. The molecule has 0 atom stereocenters. The minimum Gasteiger partial charge on any atom is -0.226 e. The van der Waals surface area contributed by atoms with Crippen LogP contribution >= 0.6 is 11.3 Å². The van der Waals surface area contributed by atoms with E-state index in [2.05, 4.69) is 206 Å². The Kier molecular flexibility index (Phi) is 8.04. The molecule has 2 aromatic heterocycles. The van der Waals surface area contributed by atoms with Crippen molar-refractivity contribution in [2.45, 2.75) is 0 Å². The first-order chi connectivity index (χ1) is 28.2. The van der Waals surface area contributed by atoms with E-state index in [1.54, 1.807) is 11.3 Å². The number of hydrogen-bond acceptors (Lipinski definition) is 3. The van der Waals surface area contributed by atoms with Crippen molar-refractivity contribution in [3.05, 3.63) is 206 Å². The van der Waals surface area contributed by atoms with Crippen LogP contribution < -0.4 is 0 Å². The van der Waals surface area contributed by atoms with Crippen molar-refractivity contribution in [2.24, 2.45) is 0 Å². The molecule has 0 radical (unpaired) electrons. The first-order valence-electron chi connectivity index (χ1n) is 19.3. The molecule has 0 unspecified atom stereocenters. The molecule has 0 saturated heterocycles. The van der Waals surface area contributed by atoms with Gasteiger partial charge in [0, 0.05) is 21.2 Å². The first kappa shape index (κ1) is 33.2. The fourth-order valence-corrected chi connectivity index (χ4v) is 9.43. The molecular weight excluding hydrogens is 709 g/mol. The summed E-state index contributed by atoms with van der Waals surface area (Å²) in [7, 11) is 0. The van der Waals surface area contributed by atoms with E-state index >= 15 is 0 Å². The Balaban J connectivity index is 1.22. The standard InChI is InChI=1S/C54H34N2S/c1-4-16-35(17-5-1)39-28-40(36-18-6-2-7-19-36)30-41(29-39)42-31-43(49-34-38-22-10-11-23-45(38)46-24-12-13-25-47(46)49)33-44(32-42)54-55-51(37-20-8-3-9-21-37)53-52(56-54)48-26-14-15-27-50(48)57-53/h1-34H. The number of hydrogen-bond donors (Lipinski definition) is 0. The van der Waals surface area contributed by atoms with Gasteiger partial charge in [0.05, 0.1) is 15.9 Å². The highest BCUT2D eigenvalue weighted by atomic mass is 32.1. The Bertz CT molecular complexity index is 3220. The van der Waals surface area contributed by atoms with Gasteiger partial charge in [0.25, 0.3) is 0 Å². The summed E-state index contributed by atoms with van der Waals surface area (Å²) in [6.45, 7) is 0. The van der Waals surface area contributed by atoms with E-state index in [1.165, 1.54) is 54.1 Å². The zero-order valence-corrected chi connectivity index (χ0v) is 31.7. The fourth-order valence-electron chi connectivity index (χ4n) is 8.27. The zero-order chi connectivity index (χ0) is 37.7. The third-order valence-electron chi connectivity index (χ3n) is 11.0. The van der Waals surface area contributed by atoms with Crippen molar-refractivity contribution < 1.29 is 0 Å². The number of rotatable bonds is 6. The number of aromatic nitrogens is 2. The Morgan fingerprint density at radius 3 is 1.46 bits per heavy atom. The van der Waals surface area contributed by atoms with E-state index in [0.717, 1.165) is 49.1 Å². The summed E-state index contributed by atoms with van der Waals surface area (Å²) in [5.74, 6) is 0.709. The molecule has 3 heteroatoms. The Labute approximate surface area is 335 Å². The highest BCUT2D eigenvalue weighted by molar-refractivity contribution is 7.26. The molecule has 11 rings (SSSR count). The van der Waals surface area contributed by atoms with Gasteiger partial charge in [-0.1, -0.05) is 158 Å². The molecule has 57 heavy (non-hydrogen) atoms. The second-order valence-electron chi connectivity index (χ2n) is 14.6. The second kappa shape index (κ2) is 13.8. The van der Waals surface area contributed by atoms with Gasteiger partial charge in [-0.2, -0.15) is 0 Å². The third kappa shape index (κ3) is 5.97. The fraction of sp³-hybridized carbons (Fsp3) is 0. The number of benzene rings is 9. The van der Waals surface area contributed by atoms with Crippen LogP contribution in [0.4, 0.5) is 0 Å². The summed E-state index contributed by atoms with van der Waals surface area (Å²) < 4.78 is 2.31. The van der Waals surface area contributed by atoms with Crippen LogP contribution in [-0.4, -0.2) is 9.97 Å². The lowest BCUT2D eigenvalue weighted by atomic mass is 9.88. The Morgan fingerprint density at radius 1 is 0.316 bits per heavy atom. The predicted molar refractivity (Wildman–Crippen MR) is 243 cm³/mol. The third-order valence-corrected chi connectivity index (χ3v) is 12.2. The predicted octanol–water partition coefficient (Wildman–Crippen LogP) is 15.2. The number of nitrogens with zero attached hydrogens (tertiary/aromatic N) is 2. The van der Waals surface area contributed by atoms with Crippen molar-refractivity contribution in [3.63, 3.8) is 0 Å². The van der Waals surface area contributed by atoms with Gasteiger partial charge in [0.2, 0.25) is 0 Å². The van der Waals surface area contributed by atoms with Crippen LogP contribution in [0.25, 0.3) is 109 Å². The highest BCUT2D eigenvalue weighted by Crippen LogP contribution is 2.43. The van der Waals surface area contributed by atoms with E-state index in [0.29, 0.717) is 5.82 Å². The summed E-state index contributed by atoms with van der Waals surface area (Å²) >= 11 is 1.76. The smallest absolute Gasteiger partial charge is 0.160 e. The van der Waals surface area contributed by atoms with Crippen LogP contribution in [0.1, 0.15) is 0 Å². The molecule has 11 aromatic rings. The molecule has 0 amide bonds. The lowest BCUT2D eigenvalue weighted by Gasteiger charge is -2.16. The lowest BCUT2D eigenvalue weighted by Crippen LogP contribution is -1.95. The topological polar surface area (TPSA) is 25.8 Å². The summed E-state index contributed by atoms with van der Waals surface area (Å²) in [4.78, 5) is 10.9. The van der Waals surface area contributed by atoms with Crippen LogP contribution in [0.2, 0.25) is 0 Å². The maximum absolute atomic E-state index is 5.45. The van der Waals surface area contributed by atoms with Crippen molar-refractivity contribution in [1.82, 2.24) is 9.97 Å². The van der Waals surface area contributed by atoms with Crippen LogP contribution in [0.3, 0.4) is 0 Å². The lowest BCUT2D eigenvalue weighted by molar-refractivity contribution is 1.24. The van der Waals surface area contributed by atoms with Crippen molar-refractivity contribution in [2.75, 3.05) is 0 Å². The minimum atomic E-state index is 0.709. The molecular formula is C54H34N2S. The minimum absolute atomic E-state index is 0.709. The Hall–Kier alpha value is -7.20. The molecule has 266 valence electrons. The Morgan fingerprint density at radius 2 is 0.789 bits per heavy atom. The van der Waals surface area contributed by atoms with Crippen molar-refractivity contribution in [3.8, 4) is 67.2 Å². The SMILES string of the molecule is c1ccc(-c2cc(-c3ccccc3)cc(-c3cc(-c4nc(-c5ccccc5)c5sc6ccccc6c5n4)cc(-c4cc5ccccc5c5ccccc45)c3)c2)cc1.